The van der Waals surface area contributed by atoms with Gasteiger partial charge in [0.1, 0.15) is 0 Å². The first-order chi connectivity index (χ1) is 15.6. The lowest BCUT2D eigenvalue weighted by Gasteiger charge is -2.04. The van der Waals surface area contributed by atoms with Crippen LogP contribution in [0.2, 0.25) is 0 Å². The number of hydrogen-bond acceptors (Lipinski definition) is 10. The fourth-order valence-corrected chi connectivity index (χ4v) is 8.47. The summed E-state index contributed by atoms with van der Waals surface area (Å²) < 4.78 is 0. The summed E-state index contributed by atoms with van der Waals surface area (Å²) in [5.74, 6) is 7.03. The van der Waals surface area contributed by atoms with Crippen molar-refractivity contribution in [1.82, 2.24) is 0 Å². The minimum atomic E-state index is 0.251. The van der Waals surface area contributed by atoms with Gasteiger partial charge >= 0.3 is 0 Å². The Bertz CT molecular complexity index is 467. The predicted octanol–water partition coefficient (Wildman–Crippen LogP) is 6.41. The lowest BCUT2D eigenvalue weighted by molar-refractivity contribution is -0.112. The lowest BCUT2D eigenvalue weighted by atomic mass is 10.2. The summed E-state index contributed by atoms with van der Waals surface area (Å²) in [6.07, 6.45) is 7.69. The molecule has 1 heterocycles. The van der Waals surface area contributed by atoms with Gasteiger partial charge < -0.3 is 0 Å². The first-order valence-corrected chi connectivity index (χ1v) is 17.6. The Labute approximate surface area is 219 Å². The Balaban J connectivity index is 2.26. The Morgan fingerprint density at radius 3 is 0.844 bits per heavy atom. The van der Waals surface area contributed by atoms with Crippen LogP contribution in [0.1, 0.15) is 64.2 Å². The Kier molecular flexibility index (Phi) is 21.4. The van der Waals surface area contributed by atoms with Gasteiger partial charge in [-0.1, -0.05) is 59.9 Å². The molecule has 0 radical (unpaired) electrons. The van der Waals surface area contributed by atoms with E-state index in [4.69, 9.17) is 0 Å². The summed E-state index contributed by atoms with van der Waals surface area (Å²) in [4.78, 5) is 47.7. The zero-order valence-electron chi connectivity index (χ0n) is 18.8. The van der Waals surface area contributed by atoms with E-state index in [0.717, 1.165) is 84.5 Å². The summed E-state index contributed by atoms with van der Waals surface area (Å²) in [5.41, 5.74) is 0. The molecule has 0 aliphatic carbocycles. The molecule has 1 fully saturated rings. The molecule has 0 unspecified atom stereocenters. The third-order valence-corrected chi connectivity index (χ3v) is 11.2. The summed E-state index contributed by atoms with van der Waals surface area (Å²) in [5, 5.41) is 1.00. The van der Waals surface area contributed by atoms with Crippen LogP contribution in [0.15, 0.2) is 0 Å². The number of carbonyl (C=O) groups is 4. The van der Waals surface area contributed by atoms with Crippen molar-refractivity contribution in [3.8, 4) is 0 Å². The number of thioether (sulfide) groups is 6. The maximum atomic E-state index is 11.9. The average Bonchev–Trinajstić information content (AvgIpc) is 2.76. The summed E-state index contributed by atoms with van der Waals surface area (Å²) >= 11 is 9.24. The topological polar surface area (TPSA) is 68.3 Å². The van der Waals surface area contributed by atoms with Crippen molar-refractivity contribution < 1.29 is 19.2 Å². The SMILES string of the molecule is O=C1CCCCCC(=O)SCCSCCSC(=O)CCCCCC(=O)SCCSCCS1. The van der Waals surface area contributed by atoms with Crippen LogP contribution in [0.3, 0.4) is 0 Å². The van der Waals surface area contributed by atoms with Gasteiger partial charge in [-0.3, -0.25) is 19.2 Å². The zero-order chi connectivity index (χ0) is 23.3. The van der Waals surface area contributed by atoms with Crippen molar-refractivity contribution in [2.75, 3.05) is 46.0 Å². The van der Waals surface area contributed by atoms with Crippen LogP contribution >= 0.6 is 70.6 Å². The largest absolute Gasteiger partial charge is 0.287 e. The molecule has 0 amide bonds. The van der Waals surface area contributed by atoms with E-state index in [9.17, 15) is 19.2 Å². The van der Waals surface area contributed by atoms with Gasteiger partial charge in [0.25, 0.3) is 0 Å². The predicted molar refractivity (Wildman–Crippen MR) is 151 cm³/mol. The molecule has 4 nitrogen and oxygen atoms in total. The third-order valence-electron chi connectivity index (χ3n) is 4.49. The Hall–Kier alpha value is 0.780. The highest BCUT2D eigenvalue weighted by molar-refractivity contribution is 8.15. The van der Waals surface area contributed by atoms with Crippen molar-refractivity contribution in [2.24, 2.45) is 0 Å². The Morgan fingerprint density at radius 1 is 0.344 bits per heavy atom. The van der Waals surface area contributed by atoms with Crippen LogP contribution in [-0.4, -0.2) is 66.5 Å². The fraction of sp³-hybridized carbons (Fsp3) is 0.818. The highest BCUT2D eigenvalue weighted by Crippen LogP contribution is 2.19. The summed E-state index contributed by atoms with van der Waals surface area (Å²) in [6, 6.07) is 0. The maximum Gasteiger partial charge on any atom is 0.188 e. The minimum Gasteiger partial charge on any atom is -0.287 e. The number of carbonyl (C=O) groups excluding carboxylic acids is 4. The smallest absolute Gasteiger partial charge is 0.188 e. The van der Waals surface area contributed by atoms with E-state index < -0.39 is 0 Å². The molecule has 0 saturated carbocycles. The first kappa shape index (κ1) is 30.8. The molecule has 0 bridgehead atoms. The molecule has 0 N–H and O–H groups in total. The second kappa shape index (κ2) is 22.3. The molecule has 0 atom stereocenters. The van der Waals surface area contributed by atoms with Crippen LogP contribution in [0.25, 0.3) is 0 Å². The van der Waals surface area contributed by atoms with Gasteiger partial charge in [0, 0.05) is 71.7 Å². The van der Waals surface area contributed by atoms with Crippen molar-refractivity contribution in [3.63, 3.8) is 0 Å². The highest BCUT2D eigenvalue weighted by atomic mass is 32.2. The van der Waals surface area contributed by atoms with Crippen molar-refractivity contribution in [3.05, 3.63) is 0 Å². The minimum absolute atomic E-state index is 0.251. The monoisotopic (exact) mass is 556 g/mol. The molecule has 1 aliphatic heterocycles. The van der Waals surface area contributed by atoms with Gasteiger partial charge in [-0.25, -0.2) is 0 Å². The molecular formula is C22H36O4S6. The van der Waals surface area contributed by atoms with E-state index in [1.54, 1.807) is 23.5 Å². The molecule has 1 aliphatic rings. The zero-order valence-corrected chi connectivity index (χ0v) is 23.7. The summed E-state index contributed by atoms with van der Waals surface area (Å²) in [7, 11) is 0. The second-order valence-corrected chi connectivity index (χ2v) is 14.3. The van der Waals surface area contributed by atoms with Gasteiger partial charge in [-0.2, -0.15) is 23.5 Å². The van der Waals surface area contributed by atoms with E-state index in [0.29, 0.717) is 25.7 Å². The third kappa shape index (κ3) is 20.2. The number of hydrogen-bond donors (Lipinski definition) is 0. The lowest BCUT2D eigenvalue weighted by Crippen LogP contribution is -2.00. The fourth-order valence-electron chi connectivity index (χ4n) is 2.78. The van der Waals surface area contributed by atoms with Crippen molar-refractivity contribution >= 4 is 91.0 Å². The van der Waals surface area contributed by atoms with Gasteiger partial charge in [0.15, 0.2) is 20.5 Å². The van der Waals surface area contributed by atoms with Crippen LogP contribution in [0.5, 0.6) is 0 Å². The van der Waals surface area contributed by atoms with Crippen LogP contribution in [-0.2, 0) is 19.2 Å². The van der Waals surface area contributed by atoms with Crippen LogP contribution < -0.4 is 0 Å². The van der Waals surface area contributed by atoms with E-state index in [1.807, 2.05) is 0 Å². The molecule has 0 spiro atoms. The molecule has 32 heavy (non-hydrogen) atoms. The molecular weight excluding hydrogens is 521 g/mol. The van der Waals surface area contributed by atoms with Crippen LogP contribution in [0, 0.1) is 0 Å². The standard InChI is InChI=1S/C22H36O4S6/c23-19-7-3-1-4-8-20(24)30-16-12-28-14-18-32-22(26)10-6-2-5-9-21(25)31-17-13-27-11-15-29-19/h1-18H2. The molecule has 0 aromatic rings. The normalized spacial score (nSPS) is 22.8. The van der Waals surface area contributed by atoms with Crippen LogP contribution in [0.4, 0.5) is 0 Å². The first-order valence-electron chi connectivity index (χ1n) is 11.4. The Morgan fingerprint density at radius 2 is 0.594 bits per heavy atom. The van der Waals surface area contributed by atoms with Gasteiger partial charge in [-0.15, -0.1) is 0 Å². The average molecular weight is 557 g/mol. The van der Waals surface area contributed by atoms with Gasteiger partial charge in [0.05, 0.1) is 0 Å². The molecule has 10 heteroatoms. The molecule has 184 valence electrons. The molecule has 0 aromatic heterocycles. The van der Waals surface area contributed by atoms with Crippen molar-refractivity contribution in [2.45, 2.75) is 64.2 Å². The number of rotatable bonds is 0. The van der Waals surface area contributed by atoms with E-state index >= 15 is 0 Å². The molecule has 1 rings (SSSR count). The summed E-state index contributed by atoms with van der Waals surface area (Å²) in [6.45, 7) is 0. The van der Waals surface area contributed by atoms with E-state index in [2.05, 4.69) is 0 Å². The maximum absolute atomic E-state index is 11.9. The molecule has 0 aromatic carbocycles. The van der Waals surface area contributed by atoms with E-state index in [-0.39, 0.29) is 20.5 Å². The van der Waals surface area contributed by atoms with Gasteiger partial charge in [0.2, 0.25) is 0 Å². The quantitative estimate of drug-likeness (QED) is 0.334. The van der Waals surface area contributed by atoms with Gasteiger partial charge in [-0.05, 0) is 25.7 Å². The van der Waals surface area contributed by atoms with Crippen molar-refractivity contribution in [1.29, 1.82) is 0 Å². The second-order valence-electron chi connectivity index (χ2n) is 7.23. The highest BCUT2D eigenvalue weighted by Gasteiger charge is 2.08. The van der Waals surface area contributed by atoms with E-state index in [1.165, 1.54) is 47.0 Å². The molecule has 1 saturated heterocycles.